The smallest absolute Gasteiger partial charge is 0.247 e. The Morgan fingerprint density at radius 2 is 1.94 bits per heavy atom. The fraction of sp³-hybridized carbons (Fsp3) is 0.500. The van der Waals surface area contributed by atoms with Gasteiger partial charge in [-0.05, 0) is 38.5 Å². The summed E-state index contributed by atoms with van der Waals surface area (Å²) in [7, 11) is 1.85. The second kappa shape index (κ2) is 4.19. The molecule has 4 nitrogen and oxygen atoms in total. The van der Waals surface area contributed by atoms with Crippen molar-refractivity contribution in [1.82, 2.24) is 4.90 Å². The molecule has 1 aliphatic rings. The second-order valence-corrected chi connectivity index (χ2v) is 5.50. The van der Waals surface area contributed by atoms with Crippen molar-refractivity contribution in [3.8, 4) is 0 Å². The van der Waals surface area contributed by atoms with E-state index >= 15 is 0 Å². The molecule has 1 amide bonds. The molecule has 4 heteroatoms. The summed E-state index contributed by atoms with van der Waals surface area (Å²) in [6.07, 6.45) is 0. The number of amides is 1. The van der Waals surface area contributed by atoms with Gasteiger partial charge in [-0.25, -0.2) is 0 Å². The minimum atomic E-state index is -0.545. The summed E-state index contributed by atoms with van der Waals surface area (Å²) in [5.74, 6) is 0.133. The summed E-state index contributed by atoms with van der Waals surface area (Å²) in [4.78, 5) is 16.1. The molecule has 1 aromatic carbocycles. The topological polar surface area (TPSA) is 49.6 Å². The molecule has 0 bridgehead atoms. The Bertz CT molecular complexity index is 482. The van der Waals surface area contributed by atoms with Crippen LogP contribution in [0.4, 0.5) is 11.4 Å². The largest absolute Gasteiger partial charge is 0.397 e. The van der Waals surface area contributed by atoms with E-state index in [4.69, 9.17) is 5.73 Å². The van der Waals surface area contributed by atoms with Gasteiger partial charge in [-0.1, -0.05) is 6.07 Å². The highest BCUT2D eigenvalue weighted by Crippen LogP contribution is 2.32. The highest BCUT2D eigenvalue weighted by molar-refractivity contribution is 5.91. The molecule has 1 aromatic rings. The molecule has 0 aromatic heterocycles. The Morgan fingerprint density at radius 1 is 1.28 bits per heavy atom. The number of carbonyl (C=O) groups is 1. The van der Waals surface area contributed by atoms with Gasteiger partial charge < -0.3 is 15.5 Å². The number of piperazine rings is 1. The Kier molecular flexibility index (Phi) is 2.97. The van der Waals surface area contributed by atoms with Crippen LogP contribution in [0.1, 0.15) is 19.4 Å². The molecular formula is C14H21N3O. The molecule has 0 spiro atoms. The standard InChI is InChI=1S/C14H21N3O/c1-10-5-6-12(11(15)9-10)17-8-7-16(4)13(18)14(17,2)3/h5-6,9H,7-8,15H2,1-4H3. The summed E-state index contributed by atoms with van der Waals surface area (Å²) in [5, 5.41) is 0. The number of benzene rings is 1. The van der Waals surface area contributed by atoms with Gasteiger partial charge in [0.1, 0.15) is 5.54 Å². The van der Waals surface area contributed by atoms with Crippen LogP contribution in [0.3, 0.4) is 0 Å². The molecule has 0 radical (unpaired) electrons. The van der Waals surface area contributed by atoms with E-state index in [-0.39, 0.29) is 5.91 Å². The number of nitrogen functional groups attached to an aromatic ring is 1. The molecule has 0 atom stereocenters. The van der Waals surface area contributed by atoms with Crippen LogP contribution in [0, 0.1) is 6.92 Å². The maximum atomic E-state index is 12.3. The molecule has 1 fully saturated rings. The van der Waals surface area contributed by atoms with Crippen LogP contribution in [-0.2, 0) is 4.79 Å². The first-order valence-electron chi connectivity index (χ1n) is 6.23. The van der Waals surface area contributed by atoms with Crippen molar-refractivity contribution in [2.45, 2.75) is 26.3 Å². The third kappa shape index (κ3) is 1.92. The van der Waals surface area contributed by atoms with Gasteiger partial charge in [-0.3, -0.25) is 4.79 Å². The average molecular weight is 247 g/mol. The highest BCUT2D eigenvalue weighted by atomic mass is 16.2. The van der Waals surface area contributed by atoms with E-state index in [0.717, 1.165) is 30.0 Å². The van der Waals surface area contributed by atoms with Crippen molar-refractivity contribution in [1.29, 1.82) is 0 Å². The molecule has 2 rings (SSSR count). The third-order valence-electron chi connectivity index (χ3n) is 3.68. The lowest BCUT2D eigenvalue weighted by Gasteiger charge is -2.46. The monoisotopic (exact) mass is 247 g/mol. The lowest BCUT2D eigenvalue weighted by molar-refractivity contribution is -0.136. The number of nitrogens with zero attached hydrogens (tertiary/aromatic N) is 2. The van der Waals surface area contributed by atoms with Crippen molar-refractivity contribution in [3.05, 3.63) is 23.8 Å². The molecule has 1 aliphatic heterocycles. The Morgan fingerprint density at radius 3 is 2.56 bits per heavy atom. The molecule has 2 N–H and O–H groups in total. The predicted molar refractivity (Wildman–Crippen MR) is 74.7 cm³/mol. The summed E-state index contributed by atoms with van der Waals surface area (Å²) in [5.41, 5.74) is 8.36. The number of hydrogen-bond acceptors (Lipinski definition) is 3. The lowest BCUT2D eigenvalue weighted by atomic mass is 9.96. The van der Waals surface area contributed by atoms with Gasteiger partial charge >= 0.3 is 0 Å². The molecule has 1 saturated heterocycles. The fourth-order valence-electron chi connectivity index (χ4n) is 2.55. The number of aryl methyl sites for hydroxylation is 1. The lowest BCUT2D eigenvalue weighted by Crippen LogP contribution is -2.62. The van der Waals surface area contributed by atoms with E-state index in [1.807, 2.05) is 46.0 Å². The van der Waals surface area contributed by atoms with Crippen LogP contribution < -0.4 is 10.6 Å². The Balaban J connectivity index is 2.41. The highest BCUT2D eigenvalue weighted by Gasteiger charge is 2.41. The maximum absolute atomic E-state index is 12.3. The summed E-state index contributed by atoms with van der Waals surface area (Å²) in [6.45, 7) is 7.45. The number of likely N-dealkylation sites (N-methyl/N-ethyl adjacent to an activating group) is 1. The van der Waals surface area contributed by atoms with Crippen molar-refractivity contribution < 1.29 is 4.79 Å². The van der Waals surface area contributed by atoms with Crippen LogP contribution in [0.15, 0.2) is 18.2 Å². The average Bonchev–Trinajstić information content (AvgIpc) is 2.28. The number of anilines is 2. The van der Waals surface area contributed by atoms with Gasteiger partial charge in [0.05, 0.1) is 11.4 Å². The zero-order valence-electron chi connectivity index (χ0n) is 11.5. The number of carbonyl (C=O) groups excluding carboxylic acids is 1. The van der Waals surface area contributed by atoms with Crippen molar-refractivity contribution in [2.24, 2.45) is 0 Å². The number of hydrogen-bond donors (Lipinski definition) is 1. The molecule has 98 valence electrons. The van der Waals surface area contributed by atoms with Crippen molar-refractivity contribution >= 4 is 17.3 Å². The van der Waals surface area contributed by atoms with Gasteiger partial charge in [0, 0.05) is 20.1 Å². The van der Waals surface area contributed by atoms with E-state index in [2.05, 4.69) is 4.90 Å². The van der Waals surface area contributed by atoms with Gasteiger partial charge in [-0.2, -0.15) is 0 Å². The normalized spacial score (nSPS) is 19.2. The van der Waals surface area contributed by atoms with Gasteiger partial charge in [0.2, 0.25) is 5.91 Å². The predicted octanol–water partition coefficient (Wildman–Crippen LogP) is 1.63. The van der Waals surface area contributed by atoms with E-state index in [1.54, 1.807) is 4.90 Å². The second-order valence-electron chi connectivity index (χ2n) is 5.50. The molecule has 0 unspecified atom stereocenters. The summed E-state index contributed by atoms with van der Waals surface area (Å²) < 4.78 is 0. The molecule has 18 heavy (non-hydrogen) atoms. The summed E-state index contributed by atoms with van der Waals surface area (Å²) in [6, 6.07) is 5.99. The van der Waals surface area contributed by atoms with Crippen LogP contribution in [0.5, 0.6) is 0 Å². The molecule has 0 aliphatic carbocycles. The molecular weight excluding hydrogens is 226 g/mol. The quantitative estimate of drug-likeness (QED) is 0.767. The Labute approximate surface area is 108 Å². The van der Waals surface area contributed by atoms with Crippen LogP contribution in [-0.4, -0.2) is 36.5 Å². The minimum absolute atomic E-state index is 0.133. The number of rotatable bonds is 1. The van der Waals surface area contributed by atoms with Gasteiger partial charge in [0.25, 0.3) is 0 Å². The van der Waals surface area contributed by atoms with E-state index < -0.39 is 5.54 Å². The minimum Gasteiger partial charge on any atom is -0.397 e. The SMILES string of the molecule is Cc1ccc(N2CCN(C)C(=O)C2(C)C)c(N)c1. The number of nitrogens with two attached hydrogens (primary N) is 1. The van der Waals surface area contributed by atoms with E-state index in [1.165, 1.54) is 0 Å². The zero-order chi connectivity index (χ0) is 13.5. The first-order valence-corrected chi connectivity index (χ1v) is 6.23. The van der Waals surface area contributed by atoms with Gasteiger partial charge in [-0.15, -0.1) is 0 Å². The summed E-state index contributed by atoms with van der Waals surface area (Å²) >= 11 is 0. The molecule has 1 heterocycles. The first kappa shape index (κ1) is 12.7. The van der Waals surface area contributed by atoms with Crippen molar-refractivity contribution in [3.63, 3.8) is 0 Å². The third-order valence-corrected chi connectivity index (χ3v) is 3.68. The molecule has 0 saturated carbocycles. The van der Waals surface area contributed by atoms with Crippen LogP contribution >= 0.6 is 0 Å². The van der Waals surface area contributed by atoms with E-state index in [0.29, 0.717) is 0 Å². The van der Waals surface area contributed by atoms with Gasteiger partial charge in [0.15, 0.2) is 0 Å². The van der Waals surface area contributed by atoms with E-state index in [9.17, 15) is 4.79 Å². The Hall–Kier alpha value is -1.71. The van der Waals surface area contributed by atoms with Crippen LogP contribution in [0.25, 0.3) is 0 Å². The first-order chi connectivity index (χ1) is 8.34. The zero-order valence-corrected chi connectivity index (χ0v) is 11.5. The maximum Gasteiger partial charge on any atom is 0.247 e. The fourth-order valence-corrected chi connectivity index (χ4v) is 2.55. The van der Waals surface area contributed by atoms with Crippen molar-refractivity contribution in [2.75, 3.05) is 30.8 Å². The van der Waals surface area contributed by atoms with Crippen LogP contribution in [0.2, 0.25) is 0 Å².